The van der Waals surface area contributed by atoms with Crippen LogP contribution in [0.4, 0.5) is 19.0 Å². The van der Waals surface area contributed by atoms with Crippen LogP contribution >= 0.6 is 0 Å². The van der Waals surface area contributed by atoms with Crippen molar-refractivity contribution in [2.75, 3.05) is 4.90 Å². The van der Waals surface area contributed by atoms with Crippen LogP contribution in [0.5, 0.6) is 0 Å². The van der Waals surface area contributed by atoms with E-state index in [1.165, 1.54) is 15.8 Å². The third-order valence-corrected chi connectivity index (χ3v) is 5.48. The summed E-state index contributed by atoms with van der Waals surface area (Å²) in [5, 5.41) is 4.33. The molecule has 2 N–H and O–H groups in total. The van der Waals surface area contributed by atoms with Crippen molar-refractivity contribution in [3.05, 3.63) is 94.6 Å². The van der Waals surface area contributed by atoms with E-state index >= 15 is 0 Å². The molecule has 2 aromatic carbocycles. The largest absolute Gasteiger partial charge is 0.457 e. The van der Waals surface area contributed by atoms with Gasteiger partial charge in [-0.05, 0) is 30.5 Å². The van der Waals surface area contributed by atoms with Crippen LogP contribution in [0.15, 0.2) is 60.3 Å². The number of carbonyl (C=O) groups excluding carboxylic acids is 2. The number of aryl methyl sites for hydroxylation is 1. The van der Waals surface area contributed by atoms with Crippen LogP contribution in [0.1, 0.15) is 23.2 Å². The zero-order valence-electron chi connectivity index (χ0n) is 18.9. The minimum atomic E-state index is -1.30. The molecule has 0 fully saturated rings. The molecule has 0 unspecified atom stereocenters. The lowest BCUT2D eigenvalue weighted by atomic mass is 10.0. The smallest absolute Gasteiger partial charge is 0.337 e. The Kier molecular flexibility index (Phi) is 7.02. The van der Waals surface area contributed by atoms with Gasteiger partial charge in [-0.2, -0.15) is 5.10 Å². The first-order valence-electron chi connectivity index (χ1n) is 10.9. The van der Waals surface area contributed by atoms with E-state index in [9.17, 15) is 22.8 Å². The average molecular weight is 484 g/mol. The maximum atomic E-state index is 14.0. The SMILES string of the molecule is Cc1cc2n(n1)CC(C(=O)OCc1ccccc1)=CN2C(=O)C[C@H](N)Cc1cc(F)c(F)cc1F. The van der Waals surface area contributed by atoms with Gasteiger partial charge in [-0.15, -0.1) is 0 Å². The number of hydrogen-bond donors (Lipinski definition) is 1. The molecule has 0 saturated carbocycles. The fourth-order valence-electron chi connectivity index (χ4n) is 3.80. The van der Waals surface area contributed by atoms with Crippen LogP contribution in [0.3, 0.4) is 0 Å². The number of halogens is 3. The first-order chi connectivity index (χ1) is 16.7. The predicted octanol–water partition coefficient (Wildman–Crippen LogP) is 3.54. The predicted molar refractivity (Wildman–Crippen MR) is 121 cm³/mol. The van der Waals surface area contributed by atoms with Crippen molar-refractivity contribution >= 4 is 17.7 Å². The van der Waals surface area contributed by atoms with E-state index in [0.717, 1.165) is 11.6 Å². The van der Waals surface area contributed by atoms with Gasteiger partial charge in [0.25, 0.3) is 0 Å². The number of hydrogen-bond acceptors (Lipinski definition) is 5. The van der Waals surface area contributed by atoms with E-state index in [-0.39, 0.29) is 37.1 Å². The number of amides is 1. The lowest BCUT2D eigenvalue weighted by Crippen LogP contribution is -2.38. The highest BCUT2D eigenvalue weighted by molar-refractivity contribution is 5.98. The van der Waals surface area contributed by atoms with Crippen LogP contribution < -0.4 is 10.6 Å². The highest BCUT2D eigenvalue weighted by Crippen LogP contribution is 2.26. The number of benzene rings is 2. The maximum Gasteiger partial charge on any atom is 0.337 e. The molecular weight excluding hydrogens is 461 g/mol. The maximum absolute atomic E-state index is 14.0. The molecule has 7 nitrogen and oxygen atoms in total. The van der Waals surface area contributed by atoms with Crippen LogP contribution in [0.25, 0.3) is 0 Å². The molecule has 182 valence electrons. The fraction of sp³-hybridized carbons (Fsp3) is 0.240. The molecule has 1 atom stereocenters. The Morgan fingerprint density at radius 3 is 2.54 bits per heavy atom. The number of aromatic nitrogens is 2. The molecule has 0 aliphatic carbocycles. The average Bonchev–Trinajstić information content (AvgIpc) is 3.20. The minimum absolute atomic E-state index is 0.0701. The van der Waals surface area contributed by atoms with Gasteiger partial charge in [0.15, 0.2) is 11.6 Å². The van der Waals surface area contributed by atoms with Gasteiger partial charge in [0.05, 0.1) is 17.8 Å². The van der Waals surface area contributed by atoms with Crippen molar-refractivity contribution in [1.29, 1.82) is 0 Å². The molecule has 3 aromatic rings. The van der Waals surface area contributed by atoms with Gasteiger partial charge in [-0.3, -0.25) is 9.69 Å². The summed E-state index contributed by atoms with van der Waals surface area (Å²) in [6, 6.07) is 11.1. The van der Waals surface area contributed by atoms with Gasteiger partial charge in [-0.25, -0.2) is 22.6 Å². The van der Waals surface area contributed by atoms with Gasteiger partial charge >= 0.3 is 5.97 Å². The fourth-order valence-corrected chi connectivity index (χ4v) is 3.80. The number of rotatable bonds is 7. The molecule has 1 amide bonds. The number of ether oxygens (including phenoxy) is 1. The highest BCUT2D eigenvalue weighted by atomic mass is 19.2. The van der Waals surface area contributed by atoms with Gasteiger partial charge in [-0.1, -0.05) is 30.3 Å². The summed E-state index contributed by atoms with van der Waals surface area (Å²) in [6.45, 7) is 1.94. The molecule has 35 heavy (non-hydrogen) atoms. The second-order valence-corrected chi connectivity index (χ2v) is 8.31. The summed E-state index contributed by atoms with van der Waals surface area (Å²) in [5.41, 5.74) is 7.57. The molecule has 1 aliphatic rings. The van der Waals surface area contributed by atoms with Crippen molar-refractivity contribution in [3.8, 4) is 0 Å². The molecule has 1 aromatic heterocycles. The van der Waals surface area contributed by atoms with E-state index in [1.807, 2.05) is 30.3 Å². The Balaban J connectivity index is 1.48. The van der Waals surface area contributed by atoms with E-state index < -0.39 is 35.4 Å². The molecular formula is C25H23F3N4O3. The van der Waals surface area contributed by atoms with E-state index in [2.05, 4.69) is 5.10 Å². The summed E-state index contributed by atoms with van der Waals surface area (Å²) >= 11 is 0. The Labute approximate surface area is 199 Å². The van der Waals surface area contributed by atoms with Crippen LogP contribution in [-0.4, -0.2) is 27.7 Å². The van der Waals surface area contributed by atoms with Crippen molar-refractivity contribution < 1.29 is 27.5 Å². The molecule has 2 heterocycles. The molecule has 0 radical (unpaired) electrons. The lowest BCUT2D eigenvalue weighted by Gasteiger charge is -2.26. The topological polar surface area (TPSA) is 90.5 Å². The van der Waals surface area contributed by atoms with E-state index in [4.69, 9.17) is 10.5 Å². The van der Waals surface area contributed by atoms with Crippen molar-refractivity contribution in [2.24, 2.45) is 5.73 Å². The Morgan fingerprint density at radius 1 is 1.09 bits per heavy atom. The van der Waals surface area contributed by atoms with Crippen molar-refractivity contribution in [1.82, 2.24) is 9.78 Å². The Hall–Kier alpha value is -3.92. The highest BCUT2D eigenvalue weighted by Gasteiger charge is 2.29. The first kappa shape index (κ1) is 24.2. The Morgan fingerprint density at radius 2 is 1.80 bits per heavy atom. The number of fused-ring (bicyclic) bond motifs is 1. The number of carbonyl (C=O) groups is 2. The Bertz CT molecular complexity index is 1290. The van der Waals surface area contributed by atoms with Gasteiger partial charge in [0, 0.05) is 30.8 Å². The molecule has 10 heteroatoms. The minimum Gasteiger partial charge on any atom is -0.457 e. The first-order valence-corrected chi connectivity index (χ1v) is 10.9. The number of esters is 1. The van der Waals surface area contributed by atoms with Crippen LogP contribution in [0.2, 0.25) is 0 Å². The van der Waals surface area contributed by atoms with Crippen molar-refractivity contribution in [3.63, 3.8) is 0 Å². The van der Waals surface area contributed by atoms with E-state index in [0.29, 0.717) is 17.6 Å². The zero-order valence-corrected chi connectivity index (χ0v) is 18.9. The number of anilines is 1. The number of nitrogens with zero attached hydrogens (tertiary/aromatic N) is 3. The molecule has 1 aliphatic heterocycles. The summed E-state index contributed by atoms with van der Waals surface area (Å²) < 4.78 is 47.6. The van der Waals surface area contributed by atoms with Gasteiger partial charge in [0.2, 0.25) is 5.91 Å². The summed E-state index contributed by atoms with van der Waals surface area (Å²) in [7, 11) is 0. The third-order valence-electron chi connectivity index (χ3n) is 5.48. The second-order valence-electron chi connectivity index (χ2n) is 8.31. The zero-order chi connectivity index (χ0) is 25.1. The molecule has 0 bridgehead atoms. The van der Waals surface area contributed by atoms with Crippen LogP contribution in [-0.2, 0) is 33.9 Å². The summed E-state index contributed by atoms with van der Waals surface area (Å²) in [5.74, 6) is -4.07. The molecule has 0 saturated heterocycles. The molecule has 4 rings (SSSR count). The van der Waals surface area contributed by atoms with Crippen molar-refractivity contribution in [2.45, 2.75) is 39.0 Å². The van der Waals surface area contributed by atoms with Crippen LogP contribution in [0, 0.1) is 24.4 Å². The van der Waals surface area contributed by atoms with Gasteiger partial charge in [0.1, 0.15) is 18.2 Å². The van der Waals surface area contributed by atoms with Gasteiger partial charge < -0.3 is 10.5 Å². The third kappa shape index (κ3) is 5.60. The lowest BCUT2D eigenvalue weighted by molar-refractivity contribution is -0.140. The van der Waals surface area contributed by atoms with E-state index in [1.54, 1.807) is 13.0 Å². The quantitative estimate of drug-likeness (QED) is 0.409. The normalized spacial score (nSPS) is 13.7. The standard InChI is InChI=1S/C25H23F3N4O3/c1-15-7-23-31(24(33)10-19(29)8-17-9-21(27)22(28)11-20(17)26)12-18(13-32(23)30-15)25(34)35-14-16-5-3-2-4-6-16/h2-7,9,11-12,19H,8,10,13-14,29H2,1H3/t19-/m1/s1. The summed E-state index contributed by atoms with van der Waals surface area (Å²) in [6.07, 6.45) is 0.957. The summed E-state index contributed by atoms with van der Waals surface area (Å²) in [4.78, 5) is 27.1. The monoisotopic (exact) mass is 484 g/mol. The molecule has 0 spiro atoms. The second kappa shape index (κ2) is 10.1. The number of nitrogens with two attached hydrogens (primary N) is 1.